The summed E-state index contributed by atoms with van der Waals surface area (Å²) >= 11 is 25.1. The second kappa shape index (κ2) is 14.6. The minimum Gasteiger partial charge on any atom is -0.354 e. The summed E-state index contributed by atoms with van der Waals surface area (Å²) in [6.45, 7) is 5.08. The number of nitrogens with one attached hydrogen (secondary N) is 1. The lowest BCUT2D eigenvalue weighted by molar-refractivity contribution is -0.139. The maximum absolute atomic E-state index is 14.0. The molecule has 0 saturated carbocycles. The van der Waals surface area contributed by atoms with Crippen LogP contribution in [0.4, 0.5) is 5.69 Å². The summed E-state index contributed by atoms with van der Waals surface area (Å²) in [5, 5.41) is 3.79. The first-order valence-corrected chi connectivity index (χ1v) is 15.9. The smallest absolute Gasteiger partial charge is 0.264 e. The number of sulfonamides is 1. The van der Waals surface area contributed by atoms with E-state index in [0.717, 1.165) is 22.7 Å². The first-order chi connectivity index (χ1) is 19.4. The maximum atomic E-state index is 14.0. The van der Waals surface area contributed by atoms with Crippen LogP contribution in [0, 0.1) is 6.92 Å². The fourth-order valence-electron chi connectivity index (χ4n) is 3.98. The summed E-state index contributed by atoms with van der Waals surface area (Å²) in [4.78, 5) is 28.3. The van der Waals surface area contributed by atoms with Crippen molar-refractivity contribution in [2.24, 2.45) is 0 Å². The van der Waals surface area contributed by atoms with Gasteiger partial charge in [-0.25, -0.2) is 8.42 Å². The summed E-state index contributed by atoms with van der Waals surface area (Å²) in [5.74, 6) is -1.04. The van der Waals surface area contributed by atoms with Crippen LogP contribution in [-0.4, -0.2) is 44.3 Å². The van der Waals surface area contributed by atoms with Crippen molar-refractivity contribution in [3.63, 3.8) is 0 Å². The predicted molar refractivity (Wildman–Crippen MR) is 167 cm³/mol. The summed E-state index contributed by atoms with van der Waals surface area (Å²) in [6.07, 6.45) is 1.64. The summed E-state index contributed by atoms with van der Waals surface area (Å²) in [5.41, 5.74) is 1.43. The zero-order chi connectivity index (χ0) is 30.3. The van der Waals surface area contributed by atoms with Crippen LogP contribution in [0.25, 0.3) is 0 Å². The highest BCUT2D eigenvalue weighted by Crippen LogP contribution is 2.32. The minimum absolute atomic E-state index is 0.0203. The van der Waals surface area contributed by atoms with E-state index < -0.39 is 34.4 Å². The molecule has 0 heterocycles. The second-order valence-electron chi connectivity index (χ2n) is 9.47. The first-order valence-electron chi connectivity index (χ1n) is 12.9. The van der Waals surface area contributed by atoms with Crippen LogP contribution >= 0.6 is 46.4 Å². The number of carbonyl (C=O) groups is 2. The SMILES string of the molecule is CCCCNC(=O)[C@@H](C)N(Cc1c(Cl)cccc1Cl)C(=O)CN(c1ccc(Cl)c(Cl)c1)S(=O)(=O)c1ccc(C)cc1. The normalized spacial score (nSPS) is 12.1. The molecule has 1 atom stereocenters. The van der Waals surface area contributed by atoms with E-state index in [2.05, 4.69) is 5.32 Å². The van der Waals surface area contributed by atoms with Crippen LogP contribution in [0.15, 0.2) is 65.6 Å². The van der Waals surface area contributed by atoms with Gasteiger partial charge in [0.2, 0.25) is 11.8 Å². The highest BCUT2D eigenvalue weighted by atomic mass is 35.5. The molecular formula is C29H31Cl4N3O4S. The van der Waals surface area contributed by atoms with Crippen molar-refractivity contribution in [1.29, 1.82) is 0 Å². The molecule has 3 aromatic rings. The predicted octanol–water partition coefficient (Wildman–Crippen LogP) is 7.14. The molecule has 0 saturated heterocycles. The Bertz CT molecular complexity index is 1480. The maximum Gasteiger partial charge on any atom is 0.264 e. The molecule has 3 rings (SSSR count). The molecule has 7 nitrogen and oxygen atoms in total. The van der Waals surface area contributed by atoms with Crippen molar-refractivity contribution in [1.82, 2.24) is 10.2 Å². The lowest BCUT2D eigenvalue weighted by atomic mass is 10.1. The third kappa shape index (κ3) is 8.30. The van der Waals surface area contributed by atoms with Crippen molar-refractivity contribution in [3.8, 4) is 0 Å². The number of amides is 2. The number of anilines is 1. The number of benzene rings is 3. The molecule has 3 aromatic carbocycles. The van der Waals surface area contributed by atoms with Gasteiger partial charge in [0.1, 0.15) is 12.6 Å². The van der Waals surface area contributed by atoms with E-state index in [1.54, 1.807) is 37.3 Å². The van der Waals surface area contributed by atoms with Crippen molar-refractivity contribution >= 4 is 73.9 Å². The number of carbonyl (C=O) groups excluding carboxylic acids is 2. The Morgan fingerprint density at radius 3 is 2.12 bits per heavy atom. The summed E-state index contributed by atoms with van der Waals surface area (Å²) < 4.78 is 28.8. The van der Waals surface area contributed by atoms with Gasteiger partial charge in [-0.05, 0) is 62.7 Å². The topological polar surface area (TPSA) is 86.8 Å². The van der Waals surface area contributed by atoms with Crippen LogP contribution in [0.3, 0.4) is 0 Å². The molecule has 0 aliphatic heterocycles. The van der Waals surface area contributed by atoms with Gasteiger partial charge in [-0.1, -0.05) is 83.5 Å². The molecule has 1 N–H and O–H groups in total. The van der Waals surface area contributed by atoms with Crippen molar-refractivity contribution in [2.45, 2.75) is 51.1 Å². The summed E-state index contributed by atoms with van der Waals surface area (Å²) in [6, 6.07) is 14.5. The molecule has 0 aliphatic rings. The lowest BCUT2D eigenvalue weighted by Crippen LogP contribution is -2.51. The van der Waals surface area contributed by atoms with Crippen LogP contribution in [0.2, 0.25) is 20.1 Å². The molecule has 0 bridgehead atoms. The standard InChI is InChI=1S/C29H31Cl4N3O4S/c1-4-5-15-34-29(38)20(3)35(17-23-24(30)7-6-8-25(23)31)28(37)18-36(21-11-14-26(32)27(33)16-21)41(39,40)22-12-9-19(2)10-13-22/h6-14,16,20H,4-5,15,17-18H2,1-3H3,(H,34,38)/t20-/m1/s1. The van der Waals surface area contributed by atoms with E-state index in [1.165, 1.54) is 35.2 Å². The average molecular weight is 659 g/mol. The zero-order valence-corrected chi connectivity index (χ0v) is 26.7. The van der Waals surface area contributed by atoms with Gasteiger partial charge in [0.25, 0.3) is 10.0 Å². The third-order valence-electron chi connectivity index (χ3n) is 6.47. The van der Waals surface area contributed by atoms with E-state index >= 15 is 0 Å². The average Bonchev–Trinajstić information content (AvgIpc) is 2.93. The van der Waals surface area contributed by atoms with Gasteiger partial charge in [0.15, 0.2) is 0 Å². The lowest BCUT2D eigenvalue weighted by Gasteiger charge is -2.32. The highest BCUT2D eigenvalue weighted by molar-refractivity contribution is 7.92. The van der Waals surface area contributed by atoms with E-state index in [4.69, 9.17) is 46.4 Å². The van der Waals surface area contributed by atoms with Crippen molar-refractivity contribution < 1.29 is 18.0 Å². The monoisotopic (exact) mass is 657 g/mol. The van der Waals surface area contributed by atoms with Gasteiger partial charge in [-0.3, -0.25) is 13.9 Å². The van der Waals surface area contributed by atoms with E-state index in [1.807, 2.05) is 13.8 Å². The van der Waals surface area contributed by atoms with Gasteiger partial charge < -0.3 is 10.2 Å². The molecule has 0 radical (unpaired) electrons. The van der Waals surface area contributed by atoms with Crippen LogP contribution in [0.5, 0.6) is 0 Å². The molecular weight excluding hydrogens is 628 g/mol. The van der Waals surface area contributed by atoms with E-state index in [0.29, 0.717) is 22.2 Å². The molecule has 0 unspecified atom stereocenters. The number of rotatable bonds is 12. The van der Waals surface area contributed by atoms with Gasteiger partial charge in [0.05, 0.1) is 20.6 Å². The number of halogens is 4. The Labute approximate surface area is 261 Å². The van der Waals surface area contributed by atoms with E-state index in [-0.39, 0.29) is 27.2 Å². The number of hydrogen-bond donors (Lipinski definition) is 1. The molecule has 41 heavy (non-hydrogen) atoms. The Balaban J connectivity index is 2.06. The summed E-state index contributed by atoms with van der Waals surface area (Å²) in [7, 11) is -4.25. The first kappa shape index (κ1) is 33.0. The molecule has 0 fully saturated rings. The van der Waals surface area contributed by atoms with Gasteiger partial charge in [-0.15, -0.1) is 0 Å². The van der Waals surface area contributed by atoms with Crippen LogP contribution in [-0.2, 0) is 26.2 Å². The van der Waals surface area contributed by atoms with Crippen LogP contribution in [0.1, 0.15) is 37.8 Å². The quantitative estimate of drug-likeness (QED) is 0.210. The van der Waals surface area contributed by atoms with Crippen molar-refractivity contribution in [3.05, 3.63) is 91.9 Å². The fraction of sp³-hybridized carbons (Fsp3) is 0.310. The van der Waals surface area contributed by atoms with E-state index in [9.17, 15) is 18.0 Å². The molecule has 0 spiro atoms. The highest BCUT2D eigenvalue weighted by Gasteiger charge is 2.33. The van der Waals surface area contributed by atoms with Crippen LogP contribution < -0.4 is 9.62 Å². The minimum atomic E-state index is -4.25. The Morgan fingerprint density at radius 1 is 0.902 bits per heavy atom. The molecule has 0 aromatic heterocycles. The van der Waals surface area contributed by atoms with Gasteiger partial charge in [-0.2, -0.15) is 0 Å². The Hall–Kier alpha value is -2.49. The number of unbranched alkanes of at least 4 members (excludes halogenated alkanes) is 1. The zero-order valence-electron chi connectivity index (χ0n) is 22.8. The second-order valence-corrected chi connectivity index (χ2v) is 13.0. The molecule has 2 amide bonds. The van der Waals surface area contributed by atoms with Gasteiger partial charge in [0, 0.05) is 28.7 Å². The third-order valence-corrected chi connectivity index (χ3v) is 9.70. The number of nitrogens with zero attached hydrogens (tertiary/aromatic N) is 2. The Kier molecular flexibility index (Phi) is 11.8. The van der Waals surface area contributed by atoms with Crippen molar-refractivity contribution in [2.75, 3.05) is 17.4 Å². The molecule has 12 heteroatoms. The largest absolute Gasteiger partial charge is 0.354 e. The Morgan fingerprint density at radius 2 is 1.54 bits per heavy atom. The fourth-order valence-corrected chi connectivity index (χ4v) is 6.19. The van der Waals surface area contributed by atoms with Gasteiger partial charge >= 0.3 is 0 Å². The number of hydrogen-bond acceptors (Lipinski definition) is 4. The molecule has 220 valence electrons. The molecule has 0 aliphatic carbocycles. The number of aryl methyl sites for hydroxylation is 1.